The average molecular weight is 311 g/mol. The lowest BCUT2D eigenvalue weighted by Crippen LogP contribution is -2.48. The highest BCUT2D eigenvalue weighted by Gasteiger charge is 2.29. The number of likely N-dealkylation sites (tertiary alicyclic amines) is 1. The molecule has 2 N–H and O–H groups in total. The van der Waals surface area contributed by atoms with Crippen molar-refractivity contribution in [2.24, 2.45) is 5.41 Å². The second kappa shape index (κ2) is 6.01. The smallest absolute Gasteiger partial charge is 0.355 e. The Morgan fingerprint density at radius 1 is 1.52 bits per heavy atom. The maximum absolute atomic E-state index is 12.3. The van der Waals surface area contributed by atoms with Crippen molar-refractivity contribution in [1.29, 1.82) is 0 Å². The summed E-state index contributed by atoms with van der Waals surface area (Å²) in [5.41, 5.74) is 0.173. The second-order valence-electron chi connectivity index (χ2n) is 6.24. The molecule has 1 saturated heterocycles. The van der Waals surface area contributed by atoms with Gasteiger partial charge in [-0.25, -0.2) is 14.6 Å². The Hall–Kier alpha value is -1.63. The highest BCUT2D eigenvalue weighted by atomic mass is 32.1. The van der Waals surface area contributed by atoms with Gasteiger partial charge < -0.3 is 15.3 Å². The molecule has 7 heteroatoms. The molecule has 2 amide bonds. The van der Waals surface area contributed by atoms with Gasteiger partial charge in [-0.15, -0.1) is 11.3 Å². The summed E-state index contributed by atoms with van der Waals surface area (Å²) >= 11 is 1.25. The van der Waals surface area contributed by atoms with Crippen LogP contribution in [0, 0.1) is 5.41 Å². The molecule has 0 saturated carbocycles. The van der Waals surface area contributed by atoms with E-state index < -0.39 is 5.97 Å². The molecule has 2 rings (SSSR count). The summed E-state index contributed by atoms with van der Waals surface area (Å²) in [7, 11) is 0. The molecule has 0 radical (unpaired) electrons. The third-order valence-electron chi connectivity index (χ3n) is 3.64. The van der Waals surface area contributed by atoms with Gasteiger partial charge in [0, 0.05) is 18.5 Å². The first-order valence-electron chi connectivity index (χ1n) is 7.03. The average Bonchev–Trinajstić information content (AvgIpc) is 2.87. The van der Waals surface area contributed by atoms with Crippen molar-refractivity contribution in [3.8, 4) is 0 Å². The molecule has 1 unspecified atom stereocenters. The Morgan fingerprint density at radius 2 is 2.24 bits per heavy atom. The number of amides is 2. The van der Waals surface area contributed by atoms with Crippen molar-refractivity contribution in [2.45, 2.75) is 39.7 Å². The van der Waals surface area contributed by atoms with Crippen LogP contribution in [0.4, 0.5) is 4.79 Å². The van der Waals surface area contributed by atoms with Crippen LogP contribution >= 0.6 is 11.3 Å². The number of rotatable bonds is 3. The van der Waals surface area contributed by atoms with Crippen molar-refractivity contribution in [3.05, 3.63) is 16.1 Å². The van der Waals surface area contributed by atoms with Gasteiger partial charge in [-0.3, -0.25) is 0 Å². The zero-order chi connectivity index (χ0) is 15.6. The van der Waals surface area contributed by atoms with Crippen LogP contribution in [0.1, 0.15) is 55.2 Å². The molecule has 116 valence electrons. The van der Waals surface area contributed by atoms with Crippen molar-refractivity contribution < 1.29 is 14.7 Å². The number of carbonyl (C=O) groups excluding carboxylic acids is 1. The van der Waals surface area contributed by atoms with E-state index in [1.54, 1.807) is 0 Å². The molecular weight excluding hydrogens is 290 g/mol. The van der Waals surface area contributed by atoms with Crippen LogP contribution in [0.5, 0.6) is 0 Å². The quantitative estimate of drug-likeness (QED) is 0.899. The second-order valence-corrected chi connectivity index (χ2v) is 7.13. The number of aromatic nitrogens is 1. The van der Waals surface area contributed by atoms with Gasteiger partial charge in [0.1, 0.15) is 5.01 Å². The van der Waals surface area contributed by atoms with E-state index in [1.807, 2.05) is 11.8 Å². The summed E-state index contributed by atoms with van der Waals surface area (Å²) < 4.78 is 0. The van der Waals surface area contributed by atoms with Crippen molar-refractivity contribution >= 4 is 23.3 Å². The Labute approximate surface area is 128 Å². The number of carboxylic acid groups (broad SMARTS) is 1. The van der Waals surface area contributed by atoms with Crippen LogP contribution in [0.2, 0.25) is 0 Å². The maximum atomic E-state index is 12.3. The lowest BCUT2D eigenvalue weighted by Gasteiger charge is -2.38. The minimum Gasteiger partial charge on any atom is -0.476 e. The van der Waals surface area contributed by atoms with Crippen molar-refractivity contribution in [1.82, 2.24) is 15.2 Å². The van der Waals surface area contributed by atoms with Gasteiger partial charge >= 0.3 is 12.0 Å². The summed E-state index contributed by atoms with van der Waals surface area (Å²) in [5.74, 6) is -1.05. The van der Waals surface area contributed by atoms with Gasteiger partial charge in [0.25, 0.3) is 0 Å². The molecule has 0 spiro atoms. The predicted molar refractivity (Wildman–Crippen MR) is 80.6 cm³/mol. The van der Waals surface area contributed by atoms with Gasteiger partial charge in [0.15, 0.2) is 5.69 Å². The molecule has 1 atom stereocenters. The van der Waals surface area contributed by atoms with E-state index in [-0.39, 0.29) is 23.2 Å². The summed E-state index contributed by atoms with van der Waals surface area (Å²) in [6, 6.07) is -0.400. The van der Waals surface area contributed by atoms with E-state index >= 15 is 0 Å². The van der Waals surface area contributed by atoms with Crippen LogP contribution < -0.4 is 5.32 Å². The lowest BCUT2D eigenvalue weighted by atomic mass is 9.84. The van der Waals surface area contributed by atoms with Gasteiger partial charge in [-0.05, 0) is 25.2 Å². The lowest BCUT2D eigenvalue weighted by molar-refractivity contribution is 0.0691. The number of carboxylic acids is 1. The zero-order valence-corrected chi connectivity index (χ0v) is 13.4. The van der Waals surface area contributed by atoms with E-state index in [1.165, 1.54) is 16.7 Å². The van der Waals surface area contributed by atoms with E-state index in [4.69, 9.17) is 5.11 Å². The molecule has 6 nitrogen and oxygen atoms in total. The van der Waals surface area contributed by atoms with E-state index in [0.717, 1.165) is 25.9 Å². The number of piperidine rings is 1. The molecule has 1 aromatic rings. The normalized spacial score (nSPS) is 19.1. The number of thiazole rings is 1. The number of urea groups is 1. The molecule has 0 aliphatic carbocycles. The Balaban J connectivity index is 1.96. The SMILES string of the molecule is CC(NC(=O)N1CCCC(C)(C)C1)c1nc(C(=O)O)cs1. The molecule has 2 heterocycles. The van der Waals surface area contributed by atoms with Crippen molar-refractivity contribution in [3.63, 3.8) is 0 Å². The Morgan fingerprint density at radius 3 is 2.81 bits per heavy atom. The molecule has 1 fully saturated rings. The first kappa shape index (κ1) is 15.8. The molecule has 1 aliphatic rings. The fraction of sp³-hybridized carbons (Fsp3) is 0.643. The highest BCUT2D eigenvalue weighted by molar-refractivity contribution is 7.09. The van der Waals surface area contributed by atoms with Crippen LogP contribution in [0.3, 0.4) is 0 Å². The van der Waals surface area contributed by atoms with Crippen LogP contribution in [-0.4, -0.2) is 40.1 Å². The van der Waals surface area contributed by atoms with Crippen molar-refractivity contribution in [2.75, 3.05) is 13.1 Å². The summed E-state index contributed by atoms with van der Waals surface area (Å²) in [6.07, 6.45) is 2.13. The minimum atomic E-state index is -1.05. The fourth-order valence-electron chi connectivity index (χ4n) is 2.52. The molecule has 1 aromatic heterocycles. The Kier molecular flexibility index (Phi) is 4.51. The monoisotopic (exact) mass is 311 g/mol. The van der Waals surface area contributed by atoms with Gasteiger partial charge in [-0.1, -0.05) is 13.8 Å². The number of aromatic carboxylic acids is 1. The van der Waals surface area contributed by atoms with Gasteiger partial charge in [0.05, 0.1) is 6.04 Å². The standard InChI is InChI=1S/C14H21N3O3S/c1-9(11-16-10(7-21-11)12(18)19)15-13(20)17-6-4-5-14(2,3)8-17/h7,9H,4-6,8H2,1-3H3,(H,15,20)(H,18,19). The summed E-state index contributed by atoms with van der Waals surface area (Å²) in [4.78, 5) is 29.0. The number of carbonyl (C=O) groups is 2. The van der Waals surface area contributed by atoms with Crippen LogP contribution in [0.15, 0.2) is 5.38 Å². The summed E-state index contributed by atoms with van der Waals surface area (Å²) in [6.45, 7) is 7.65. The zero-order valence-electron chi connectivity index (χ0n) is 12.5. The van der Waals surface area contributed by atoms with E-state index in [2.05, 4.69) is 24.1 Å². The van der Waals surface area contributed by atoms with E-state index in [0.29, 0.717) is 5.01 Å². The first-order chi connectivity index (χ1) is 9.78. The predicted octanol–water partition coefficient (Wildman–Crippen LogP) is 2.73. The molecular formula is C14H21N3O3S. The third-order valence-corrected chi connectivity index (χ3v) is 4.67. The number of hydrogen-bond donors (Lipinski definition) is 2. The molecule has 0 bridgehead atoms. The maximum Gasteiger partial charge on any atom is 0.355 e. The van der Waals surface area contributed by atoms with Gasteiger partial charge in [0.2, 0.25) is 0 Å². The van der Waals surface area contributed by atoms with Gasteiger partial charge in [-0.2, -0.15) is 0 Å². The molecule has 21 heavy (non-hydrogen) atoms. The molecule has 1 aliphatic heterocycles. The highest BCUT2D eigenvalue weighted by Crippen LogP contribution is 2.28. The van der Waals surface area contributed by atoms with Crippen LogP contribution in [0.25, 0.3) is 0 Å². The van der Waals surface area contributed by atoms with Crippen LogP contribution in [-0.2, 0) is 0 Å². The summed E-state index contributed by atoms with van der Waals surface area (Å²) in [5, 5.41) is 13.9. The number of nitrogens with zero attached hydrogens (tertiary/aromatic N) is 2. The van der Waals surface area contributed by atoms with E-state index in [9.17, 15) is 9.59 Å². The largest absolute Gasteiger partial charge is 0.476 e. The Bertz CT molecular complexity index is 541. The minimum absolute atomic E-state index is 0.0233. The first-order valence-corrected chi connectivity index (χ1v) is 7.91. The number of nitrogens with one attached hydrogen (secondary N) is 1. The molecule has 0 aromatic carbocycles. The third kappa shape index (κ3) is 3.93. The topological polar surface area (TPSA) is 82.5 Å². The number of hydrogen-bond acceptors (Lipinski definition) is 4. The fourth-order valence-corrected chi connectivity index (χ4v) is 3.32.